The molecular formula is C23H26N2O3. The molecule has 2 aromatic carbocycles. The van der Waals surface area contributed by atoms with Crippen LogP contribution in [0.3, 0.4) is 0 Å². The van der Waals surface area contributed by atoms with E-state index in [0.717, 1.165) is 38.0 Å². The molecule has 0 aliphatic carbocycles. The summed E-state index contributed by atoms with van der Waals surface area (Å²) >= 11 is 0. The van der Waals surface area contributed by atoms with Crippen LogP contribution in [0.25, 0.3) is 0 Å². The molecule has 5 nitrogen and oxygen atoms in total. The Kier molecular flexibility index (Phi) is 5.44. The summed E-state index contributed by atoms with van der Waals surface area (Å²) < 4.78 is 5.99. The number of esters is 1. The number of nitrogens with zero attached hydrogens (tertiary/aromatic N) is 1. The average Bonchev–Trinajstić information content (AvgIpc) is 2.73. The van der Waals surface area contributed by atoms with Gasteiger partial charge in [0.15, 0.2) is 11.8 Å². The third kappa shape index (κ3) is 3.94. The van der Waals surface area contributed by atoms with Crippen LogP contribution >= 0.6 is 0 Å². The molecule has 28 heavy (non-hydrogen) atoms. The minimum Gasteiger partial charge on any atom is -0.459 e. The van der Waals surface area contributed by atoms with Crippen molar-refractivity contribution in [1.29, 1.82) is 0 Å². The maximum atomic E-state index is 13.2. The molecule has 0 radical (unpaired) electrons. The molecule has 3 saturated heterocycles. The Hall–Kier alpha value is -2.66. The van der Waals surface area contributed by atoms with E-state index in [2.05, 4.69) is 10.2 Å². The Balaban J connectivity index is 1.58. The van der Waals surface area contributed by atoms with Crippen LogP contribution in [0.5, 0.6) is 0 Å². The van der Waals surface area contributed by atoms with Crippen molar-refractivity contribution in [1.82, 2.24) is 4.90 Å². The Morgan fingerprint density at radius 1 is 1.04 bits per heavy atom. The highest BCUT2D eigenvalue weighted by Crippen LogP contribution is 2.31. The first-order chi connectivity index (χ1) is 13.6. The van der Waals surface area contributed by atoms with E-state index in [1.807, 2.05) is 48.5 Å². The Bertz CT molecular complexity index is 844. The van der Waals surface area contributed by atoms with Crippen molar-refractivity contribution in [2.24, 2.45) is 5.92 Å². The van der Waals surface area contributed by atoms with E-state index in [0.29, 0.717) is 17.2 Å². The molecule has 146 valence electrons. The zero-order valence-corrected chi connectivity index (χ0v) is 16.1. The number of carbonyl (C=O) groups is 2. The van der Waals surface area contributed by atoms with Gasteiger partial charge in [-0.3, -0.25) is 9.69 Å². The average molecular weight is 378 g/mol. The number of hydrogen-bond donors (Lipinski definition) is 1. The van der Waals surface area contributed by atoms with Gasteiger partial charge in [0, 0.05) is 17.8 Å². The first-order valence-electron chi connectivity index (χ1n) is 9.96. The lowest BCUT2D eigenvalue weighted by Crippen LogP contribution is -2.52. The second-order valence-corrected chi connectivity index (χ2v) is 7.70. The zero-order valence-electron chi connectivity index (χ0n) is 16.1. The van der Waals surface area contributed by atoms with Crippen molar-refractivity contribution < 1.29 is 14.3 Å². The van der Waals surface area contributed by atoms with Gasteiger partial charge in [-0.2, -0.15) is 0 Å². The van der Waals surface area contributed by atoms with Crippen LogP contribution in [0.15, 0.2) is 54.6 Å². The number of Topliss-reactive ketones (excluding diaryl/α,β-unsaturated/α-hetero) is 1. The quantitative estimate of drug-likeness (QED) is 0.614. The maximum Gasteiger partial charge on any atom is 0.333 e. The largest absolute Gasteiger partial charge is 0.459 e. The highest BCUT2D eigenvalue weighted by molar-refractivity contribution is 6.00. The fourth-order valence-electron chi connectivity index (χ4n) is 4.26. The summed E-state index contributed by atoms with van der Waals surface area (Å²) in [5.74, 6) is 0.124. The van der Waals surface area contributed by atoms with Gasteiger partial charge in [-0.05, 0) is 56.5 Å². The number of nitrogens with one attached hydrogen (secondary N) is 1. The summed E-state index contributed by atoms with van der Waals surface area (Å²) in [5.41, 5.74) is 2.04. The fraction of sp³-hybridized carbons (Fsp3) is 0.391. The van der Waals surface area contributed by atoms with Gasteiger partial charge in [-0.25, -0.2) is 4.79 Å². The Morgan fingerprint density at radius 2 is 1.71 bits per heavy atom. The molecule has 2 bridgehead atoms. The minimum absolute atomic E-state index is 0.0410. The highest BCUT2D eigenvalue weighted by Gasteiger charge is 2.38. The lowest BCUT2D eigenvalue weighted by Gasteiger charge is -2.44. The van der Waals surface area contributed by atoms with Crippen LogP contribution in [-0.4, -0.2) is 42.4 Å². The molecule has 3 aliphatic rings. The van der Waals surface area contributed by atoms with Crippen molar-refractivity contribution in [3.05, 3.63) is 65.7 Å². The van der Waals surface area contributed by atoms with Crippen LogP contribution in [0.1, 0.15) is 41.7 Å². The number of ketones is 1. The topological polar surface area (TPSA) is 58.6 Å². The van der Waals surface area contributed by atoms with E-state index in [9.17, 15) is 9.59 Å². The highest BCUT2D eigenvalue weighted by atomic mass is 16.5. The van der Waals surface area contributed by atoms with Gasteiger partial charge < -0.3 is 10.1 Å². The number of para-hydroxylation sites is 1. The smallest absolute Gasteiger partial charge is 0.333 e. The standard InChI is InChI=1S/C23H26N2O3/c1-16(26)19-9-5-6-10-20(19)24-22(18-7-3-2-4-8-18)23(27)28-21-15-25-13-11-17(21)12-14-25/h2-10,17,21-22,24H,11-15H2,1H3/t21-,22?/m0/s1. The second-order valence-electron chi connectivity index (χ2n) is 7.70. The monoisotopic (exact) mass is 378 g/mol. The molecule has 2 aromatic rings. The Labute approximate surface area is 165 Å². The van der Waals surface area contributed by atoms with Crippen LogP contribution in [0, 0.1) is 5.92 Å². The number of anilines is 1. The van der Waals surface area contributed by atoms with Gasteiger partial charge in [0.2, 0.25) is 0 Å². The SMILES string of the molecule is CC(=O)c1ccccc1NC(C(=O)O[C@H]1CN2CCC1CC2)c1ccccc1. The van der Waals surface area contributed by atoms with Gasteiger partial charge in [-0.15, -0.1) is 0 Å². The van der Waals surface area contributed by atoms with E-state index in [1.54, 1.807) is 6.07 Å². The number of piperidine rings is 3. The normalized spacial score (nSPS) is 24.4. The van der Waals surface area contributed by atoms with Crippen LogP contribution in [0.2, 0.25) is 0 Å². The molecule has 0 spiro atoms. The summed E-state index contributed by atoms with van der Waals surface area (Å²) in [7, 11) is 0. The first-order valence-corrected chi connectivity index (χ1v) is 9.96. The van der Waals surface area contributed by atoms with E-state index in [1.165, 1.54) is 6.92 Å². The van der Waals surface area contributed by atoms with Gasteiger partial charge in [0.25, 0.3) is 0 Å². The van der Waals surface area contributed by atoms with Crippen LogP contribution < -0.4 is 5.32 Å². The minimum atomic E-state index is -0.655. The molecule has 2 atom stereocenters. The number of rotatable bonds is 6. The molecule has 5 heteroatoms. The van der Waals surface area contributed by atoms with Crippen molar-refractivity contribution in [3.8, 4) is 0 Å². The third-order valence-electron chi connectivity index (χ3n) is 5.84. The predicted octanol–water partition coefficient (Wildman–Crippen LogP) is 3.68. The number of carbonyl (C=O) groups excluding carboxylic acids is 2. The maximum absolute atomic E-state index is 13.2. The molecular weight excluding hydrogens is 352 g/mol. The predicted molar refractivity (Wildman–Crippen MR) is 108 cm³/mol. The van der Waals surface area contributed by atoms with Crippen LogP contribution in [0.4, 0.5) is 5.69 Å². The van der Waals surface area contributed by atoms with Crippen molar-refractivity contribution >= 4 is 17.4 Å². The molecule has 0 saturated carbocycles. The number of ether oxygens (including phenoxy) is 1. The van der Waals surface area contributed by atoms with Crippen molar-refractivity contribution in [2.45, 2.75) is 31.9 Å². The lowest BCUT2D eigenvalue weighted by atomic mass is 9.86. The summed E-state index contributed by atoms with van der Waals surface area (Å²) in [6.07, 6.45) is 2.13. The third-order valence-corrected chi connectivity index (χ3v) is 5.84. The lowest BCUT2D eigenvalue weighted by molar-refractivity contribution is -0.159. The van der Waals surface area contributed by atoms with E-state index in [-0.39, 0.29) is 17.9 Å². The zero-order chi connectivity index (χ0) is 19.5. The van der Waals surface area contributed by atoms with E-state index in [4.69, 9.17) is 4.74 Å². The molecule has 3 aliphatic heterocycles. The van der Waals surface area contributed by atoms with Gasteiger partial charge in [-0.1, -0.05) is 42.5 Å². The second kappa shape index (κ2) is 8.15. The van der Waals surface area contributed by atoms with Crippen molar-refractivity contribution in [2.75, 3.05) is 25.0 Å². The molecule has 1 N–H and O–H groups in total. The molecule has 0 amide bonds. The Morgan fingerprint density at radius 3 is 2.36 bits per heavy atom. The molecule has 3 fully saturated rings. The number of hydrogen-bond acceptors (Lipinski definition) is 5. The molecule has 0 aromatic heterocycles. The summed E-state index contributed by atoms with van der Waals surface area (Å²) in [4.78, 5) is 27.6. The van der Waals surface area contributed by atoms with E-state index >= 15 is 0 Å². The molecule has 5 rings (SSSR count). The molecule has 1 unspecified atom stereocenters. The number of fused-ring (bicyclic) bond motifs is 3. The first kappa shape index (κ1) is 18.7. The van der Waals surface area contributed by atoms with Crippen LogP contribution in [-0.2, 0) is 9.53 Å². The summed E-state index contributed by atoms with van der Waals surface area (Å²) in [6.45, 7) is 4.56. The molecule has 3 heterocycles. The van der Waals surface area contributed by atoms with Crippen molar-refractivity contribution in [3.63, 3.8) is 0 Å². The van der Waals surface area contributed by atoms with Gasteiger partial charge in [0.1, 0.15) is 6.10 Å². The fourth-order valence-corrected chi connectivity index (χ4v) is 4.26. The van der Waals surface area contributed by atoms with Gasteiger partial charge in [0.05, 0.1) is 0 Å². The van der Waals surface area contributed by atoms with E-state index < -0.39 is 6.04 Å². The summed E-state index contributed by atoms with van der Waals surface area (Å²) in [5, 5.41) is 3.27. The number of benzene rings is 2. The summed E-state index contributed by atoms with van der Waals surface area (Å²) in [6, 6.07) is 16.2. The van der Waals surface area contributed by atoms with Gasteiger partial charge >= 0.3 is 5.97 Å².